The van der Waals surface area contributed by atoms with Crippen LogP contribution in [0.1, 0.15) is 58.6 Å². The number of aromatic nitrogens is 3. The minimum Gasteiger partial charge on any atom is -0.493 e. The molecule has 0 bridgehead atoms. The Bertz CT molecular complexity index is 920. The van der Waals surface area contributed by atoms with Crippen LogP contribution in [0.15, 0.2) is 35.8 Å². The molecule has 8 heteroatoms. The molecule has 3 rings (SSSR count). The second-order valence-electron chi connectivity index (χ2n) is 7.51. The summed E-state index contributed by atoms with van der Waals surface area (Å²) < 4.78 is 18.7. The van der Waals surface area contributed by atoms with Crippen LogP contribution in [-0.4, -0.2) is 40.6 Å². The monoisotopic (exact) mass is 414 g/mol. The number of fused-ring (bicyclic) bond motifs is 1. The zero-order valence-corrected chi connectivity index (χ0v) is 18.3. The number of esters is 1. The van der Waals surface area contributed by atoms with Crippen molar-refractivity contribution in [1.82, 2.24) is 14.8 Å². The van der Waals surface area contributed by atoms with Crippen molar-refractivity contribution in [3.63, 3.8) is 0 Å². The number of methoxy groups -OCH3 is 1. The minimum absolute atomic E-state index is 0.232. The summed E-state index contributed by atoms with van der Waals surface area (Å²) in [4.78, 5) is 17.2. The highest BCUT2D eigenvalue weighted by Crippen LogP contribution is 2.39. The first-order valence-corrected chi connectivity index (χ1v) is 10.3. The van der Waals surface area contributed by atoms with E-state index >= 15 is 0 Å². The predicted octanol–water partition coefficient (Wildman–Crippen LogP) is 4.10. The topological polar surface area (TPSA) is 87.5 Å². The molecule has 1 atom stereocenters. The van der Waals surface area contributed by atoms with Gasteiger partial charge in [0.25, 0.3) is 0 Å². The van der Waals surface area contributed by atoms with Crippen LogP contribution in [0.2, 0.25) is 0 Å². The van der Waals surface area contributed by atoms with Crippen molar-refractivity contribution in [3.8, 4) is 11.5 Å². The number of nitrogens with one attached hydrogen (secondary N) is 1. The van der Waals surface area contributed by atoms with Gasteiger partial charge in [-0.1, -0.05) is 25.8 Å². The van der Waals surface area contributed by atoms with E-state index in [1.165, 1.54) is 6.33 Å². The number of nitrogens with zero attached hydrogens (tertiary/aromatic N) is 3. The third-order valence-corrected chi connectivity index (χ3v) is 4.87. The van der Waals surface area contributed by atoms with Crippen molar-refractivity contribution >= 4 is 11.9 Å². The lowest BCUT2D eigenvalue weighted by Gasteiger charge is -2.29. The van der Waals surface area contributed by atoms with Crippen molar-refractivity contribution in [2.75, 3.05) is 19.0 Å². The van der Waals surface area contributed by atoms with Crippen molar-refractivity contribution in [2.24, 2.45) is 0 Å². The van der Waals surface area contributed by atoms with Gasteiger partial charge in [-0.05, 0) is 44.9 Å². The van der Waals surface area contributed by atoms with Crippen molar-refractivity contribution in [2.45, 2.75) is 59.1 Å². The van der Waals surface area contributed by atoms with Gasteiger partial charge >= 0.3 is 5.97 Å². The molecule has 0 saturated heterocycles. The van der Waals surface area contributed by atoms with E-state index < -0.39 is 6.04 Å². The van der Waals surface area contributed by atoms with Gasteiger partial charge in [0.2, 0.25) is 5.95 Å². The number of carbonyl (C=O) groups excluding carboxylic acids is 1. The van der Waals surface area contributed by atoms with E-state index in [0.717, 1.165) is 24.8 Å². The molecule has 2 aromatic rings. The molecule has 1 aliphatic rings. The smallest absolute Gasteiger partial charge is 0.338 e. The maximum Gasteiger partial charge on any atom is 0.338 e. The predicted molar refractivity (Wildman–Crippen MR) is 114 cm³/mol. The fourth-order valence-electron chi connectivity index (χ4n) is 3.45. The van der Waals surface area contributed by atoms with E-state index in [1.54, 1.807) is 11.8 Å². The van der Waals surface area contributed by atoms with E-state index in [2.05, 4.69) is 22.3 Å². The molecule has 0 fully saturated rings. The standard InChI is InChI=1S/C22H30N4O4/c1-6-7-8-11-29-17-10-9-16(12-18(17)28-5)20-19(21(27)30-14(2)3)15(4)25-22-23-13-24-26(20)22/h9-10,12-14,20H,6-8,11H2,1-5H3,(H,23,24,25)/t20-/m1/s1. The van der Waals surface area contributed by atoms with Gasteiger partial charge in [-0.3, -0.25) is 0 Å². The Labute approximate surface area is 177 Å². The zero-order valence-electron chi connectivity index (χ0n) is 18.3. The molecule has 1 aromatic heterocycles. The Morgan fingerprint density at radius 3 is 2.77 bits per heavy atom. The lowest BCUT2D eigenvalue weighted by molar-refractivity contribution is -0.143. The van der Waals surface area contributed by atoms with E-state index in [9.17, 15) is 4.79 Å². The zero-order chi connectivity index (χ0) is 21.7. The summed E-state index contributed by atoms with van der Waals surface area (Å²) in [5, 5.41) is 7.47. The minimum atomic E-state index is -0.488. The van der Waals surface area contributed by atoms with Crippen LogP contribution in [0, 0.1) is 0 Å². The van der Waals surface area contributed by atoms with Crippen molar-refractivity contribution < 1.29 is 19.0 Å². The Morgan fingerprint density at radius 1 is 1.27 bits per heavy atom. The Balaban J connectivity index is 1.97. The number of unbranched alkanes of at least 4 members (excludes halogenated alkanes) is 2. The van der Waals surface area contributed by atoms with Crippen LogP contribution >= 0.6 is 0 Å². The third-order valence-electron chi connectivity index (χ3n) is 4.87. The molecule has 1 N–H and O–H groups in total. The highest BCUT2D eigenvalue weighted by atomic mass is 16.5. The first-order chi connectivity index (χ1) is 14.5. The van der Waals surface area contributed by atoms with E-state index in [1.807, 2.05) is 39.0 Å². The lowest BCUT2D eigenvalue weighted by Crippen LogP contribution is -2.30. The van der Waals surface area contributed by atoms with Crippen LogP contribution in [0.5, 0.6) is 11.5 Å². The fraction of sp³-hybridized carbons (Fsp3) is 0.500. The Morgan fingerprint density at radius 2 is 2.07 bits per heavy atom. The summed E-state index contributed by atoms with van der Waals surface area (Å²) in [5.74, 6) is 1.47. The largest absolute Gasteiger partial charge is 0.493 e. The van der Waals surface area contributed by atoms with Gasteiger partial charge < -0.3 is 19.5 Å². The van der Waals surface area contributed by atoms with E-state index in [-0.39, 0.29) is 12.1 Å². The van der Waals surface area contributed by atoms with Gasteiger partial charge in [-0.2, -0.15) is 10.1 Å². The van der Waals surface area contributed by atoms with Gasteiger partial charge in [0, 0.05) is 5.70 Å². The summed E-state index contributed by atoms with van der Waals surface area (Å²) in [7, 11) is 1.61. The van der Waals surface area contributed by atoms with Gasteiger partial charge in [0.05, 0.1) is 25.4 Å². The van der Waals surface area contributed by atoms with Crippen molar-refractivity contribution in [3.05, 3.63) is 41.4 Å². The summed E-state index contributed by atoms with van der Waals surface area (Å²) in [6.07, 6.45) is 4.48. The number of carbonyl (C=O) groups is 1. The van der Waals surface area contributed by atoms with Crippen LogP contribution in [0.4, 0.5) is 5.95 Å². The maximum absolute atomic E-state index is 12.9. The summed E-state index contributed by atoms with van der Waals surface area (Å²) in [6, 6.07) is 5.19. The van der Waals surface area contributed by atoms with Gasteiger partial charge in [-0.25, -0.2) is 9.48 Å². The van der Waals surface area contributed by atoms with Gasteiger partial charge in [0.15, 0.2) is 11.5 Å². The molecule has 1 aliphatic heterocycles. The molecule has 162 valence electrons. The number of ether oxygens (including phenoxy) is 3. The molecule has 1 aromatic carbocycles. The summed E-state index contributed by atoms with van der Waals surface area (Å²) in [6.45, 7) is 8.28. The van der Waals surface area contributed by atoms with Crippen LogP contribution in [-0.2, 0) is 9.53 Å². The normalized spacial score (nSPS) is 15.6. The van der Waals surface area contributed by atoms with Crippen LogP contribution < -0.4 is 14.8 Å². The molecule has 30 heavy (non-hydrogen) atoms. The SMILES string of the molecule is CCCCCOc1ccc([C@@H]2C(C(=O)OC(C)C)=C(C)Nc3ncnn32)cc1OC. The van der Waals surface area contributed by atoms with Gasteiger partial charge in [0.1, 0.15) is 12.4 Å². The molecular weight excluding hydrogens is 384 g/mol. The highest BCUT2D eigenvalue weighted by molar-refractivity contribution is 5.92. The molecule has 0 spiro atoms. The number of anilines is 1. The van der Waals surface area contributed by atoms with Crippen molar-refractivity contribution in [1.29, 1.82) is 0 Å². The molecule has 2 heterocycles. The Kier molecular flexibility index (Phi) is 6.97. The summed E-state index contributed by atoms with van der Waals surface area (Å²) in [5.41, 5.74) is 2.00. The van der Waals surface area contributed by atoms with E-state index in [4.69, 9.17) is 14.2 Å². The number of hydrogen-bond acceptors (Lipinski definition) is 7. The Hall–Kier alpha value is -3.03. The van der Waals surface area contributed by atoms with Crippen LogP contribution in [0.25, 0.3) is 0 Å². The lowest BCUT2D eigenvalue weighted by atomic mass is 9.95. The maximum atomic E-state index is 12.9. The number of benzene rings is 1. The van der Waals surface area contributed by atoms with Gasteiger partial charge in [-0.15, -0.1) is 0 Å². The number of hydrogen-bond donors (Lipinski definition) is 1. The highest BCUT2D eigenvalue weighted by Gasteiger charge is 2.35. The average Bonchev–Trinajstić information content (AvgIpc) is 3.17. The number of rotatable bonds is 9. The molecular formula is C22H30N4O4. The third kappa shape index (κ3) is 4.58. The molecule has 0 aliphatic carbocycles. The molecule has 8 nitrogen and oxygen atoms in total. The number of allylic oxidation sites excluding steroid dienone is 1. The molecule has 0 radical (unpaired) electrons. The first-order valence-electron chi connectivity index (χ1n) is 10.3. The molecule has 0 amide bonds. The molecule has 0 unspecified atom stereocenters. The second-order valence-corrected chi connectivity index (χ2v) is 7.51. The fourth-order valence-corrected chi connectivity index (χ4v) is 3.45. The summed E-state index contributed by atoms with van der Waals surface area (Å²) >= 11 is 0. The van der Waals surface area contributed by atoms with Crippen LogP contribution in [0.3, 0.4) is 0 Å². The molecule has 0 saturated carbocycles. The van der Waals surface area contributed by atoms with E-state index in [0.29, 0.717) is 35.3 Å². The quantitative estimate of drug-likeness (QED) is 0.488. The second kappa shape index (κ2) is 9.65. The first kappa shape index (κ1) is 21.7. The average molecular weight is 415 g/mol.